The summed E-state index contributed by atoms with van der Waals surface area (Å²) in [7, 11) is 0. The fraction of sp³-hybridized carbons (Fsp3) is 0.333. The molecule has 0 bridgehead atoms. The average molecular weight is 388 g/mol. The van der Waals surface area contributed by atoms with Gasteiger partial charge in [0.25, 0.3) is 5.91 Å². The van der Waals surface area contributed by atoms with Gasteiger partial charge in [-0.1, -0.05) is 55.8 Å². The molecule has 2 amide bonds. The zero-order valence-corrected chi connectivity index (χ0v) is 16.6. The van der Waals surface area contributed by atoms with E-state index in [0.717, 1.165) is 25.2 Å². The van der Waals surface area contributed by atoms with Crippen LogP contribution in [0, 0.1) is 0 Å². The van der Waals surface area contributed by atoms with Gasteiger partial charge in [0.1, 0.15) is 0 Å². The van der Waals surface area contributed by atoms with Gasteiger partial charge in [-0.25, -0.2) is 0 Å². The van der Waals surface area contributed by atoms with Crippen LogP contribution in [0.5, 0.6) is 0 Å². The number of halogens is 1. The minimum Gasteiger partial charge on any atom is -0.350 e. The van der Waals surface area contributed by atoms with Crippen LogP contribution < -0.4 is 10.6 Å². The Balaban J connectivity index is 1.86. The van der Waals surface area contributed by atoms with Crippen LogP contribution >= 0.6 is 11.6 Å². The van der Waals surface area contributed by atoms with Crippen LogP contribution in [-0.4, -0.2) is 36.3 Å². The monoisotopic (exact) mass is 387 g/mol. The lowest BCUT2D eigenvalue weighted by molar-refractivity contribution is -0.120. The second kappa shape index (κ2) is 10.7. The highest BCUT2D eigenvalue weighted by atomic mass is 35.5. The fourth-order valence-electron chi connectivity index (χ4n) is 2.72. The summed E-state index contributed by atoms with van der Waals surface area (Å²) in [4.78, 5) is 26.5. The second-order valence-electron chi connectivity index (χ2n) is 6.20. The first kappa shape index (κ1) is 20.9. The van der Waals surface area contributed by atoms with Crippen LogP contribution in [0.15, 0.2) is 48.5 Å². The highest BCUT2D eigenvalue weighted by Gasteiger charge is 2.10. The third-order valence-corrected chi connectivity index (χ3v) is 4.61. The van der Waals surface area contributed by atoms with Crippen molar-refractivity contribution in [2.24, 2.45) is 0 Å². The first-order valence-electron chi connectivity index (χ1n) is 9.13. The van der Waals surface area contributed by atoms with Gasteiger partial charge >= 0.3 is 0 Å². The van der Waals surface area contributed by atoms with E-state index in [1.54, 1.807) is 24.3 Å². The van der Waals surface area contributed by atoms with Gasteiger partial charge in [0, 0.05) is 23.7 Å². The van der Waals surface area contributed by atoms with E-state index in [0.29, 0.717) is 17.1 Å². The molecule has 0 heterocycles. The molecule has 0 aliphatic rings. The van der Waals surface area contributed by atoms with Crippen LogP contribution in [0.3, 0.4) is 0 Å². The molecule has 2 aromatic rings. The molecular formula is C21H26ClN3O2. The molecule has 0 spiro atoms. The van der Waals surface area contributed by atoms with Gasteiger partial charge in [-0.15, -0.1) is 0 Å². The molecule has 6 heteroatoms. The number of nitrogens with zero attached hydrogens (tertiary/aromatic N) is 1. The SMILES string of the molecule is CCN(CC)Cc1ccccc1CNC(=O)CNC(=O)c1cccc(Cl)c1. The number of carbonyl (C=O) groups is 2. The molecule has 5 nitrogen and oxygen atoms in total. The number of amides is 2. The molecule has 0 saturated carbocycles. The maximum Gasteiger partial charge on any atom is 0.251 e. The van der Waals surface area contributed by atoms with E-state index in [-0.39, 0.29) is 18.4 Å². The summed E-state index contributed by atoms with van der Waals surface area (Å²) >= 11 is 5.88. The van der Waals surface area contributed by atoms with Crippen molar-refractivity contribution >= 4 is 23.4 Å². The van der Waals surface area contributed by atoms with Crippen molar-refractivity contribution in [2.75, 3.05) is 19.6 Å². The maximum atomic E-state index is 12.1. The molecular weight excluding hydrogens is 362 g/mol. The van der Waals surface area contributed by atoms with Crippen molar-refractivity contribution < 1.29 is 9.59 Å². The number of rotatable bonds is 9. The minimum absolute atomic E-state index is 0.0798. The summed E-state index contributed by atoms with van der Waals surface area (Å²) in [5, 5.41) is 5.96. The van der Waals surface area contributed by atoms with Crippen LogP contribution in [0.4, 0.5) is 0 Å². The highest BCUT2D eigenvalue weighted by Crippen LogP contribution is 2.12. The van der Waals surface area contributed by atoms with Crippen LogP contribution in [-0.2, 0) is 17.9 Å². The molecule has 2 rings (SSSR count). The van der Waals surface area contributed by atoms with Crippen molar-refractivity contribution in [3.8, 4) is 0 Å². The Kier molecular flexibility index (Phi) is 8.30. The first-order chi connectivity index (χ1) is 13.0. The van der Waals surface area contributed by atoms with E-state index in [1.165, 1.54) is 5.56 Å². The third-order valence-electron chi connectivity index (χ3n) is 4.38. The van der Waals surface area contributed by atoms with Gasteiger partial charge in [0.15, 0.2) is 0 Å². The quantitative estimate of drug-likeness (QED) is 0.694. The average Bonchev–Trinajstić information content (AvgIpc) is 2.69. The van der Waals surface area contributed by atoms with E-state index in [9.17, 15) is 9.59 Å². The molecule has 0 saturated heterocycles. The molecule has 2 N–H and O–H groups in total. The topological polar surface area (TPSA) is 61.4 Å². The molecule has 0 radical (unpaired) electrons. The molecule has 0 aliphatic heterocycles. The van der Waals surface area contributed by atoms with Gasteiger partial charge in [0.05, 0.1) is 6.54 Å². The zero-order chi connectivity index (χ0) is 19.6. The van der Waals surface area contributed by atoms with Crippen LogP contribution in [0.25, 0.3) is 0 Å². The van der Waals surface area contributed by atoms with Gasteiger partial charge in [-0.2, -0.15) is 0 Å². The molecule has 0 fully saturated rings. The van der Waals surface area contributed by atoms with Gasteiger partial charge < -0.3 is 10.6 Å². The lowest BCUT2D eigenvalue weighted by Crippen LogP contribution is -2.36. The summed E-state index contributed by atoms with van der Waals surface area (Å²) in [5.74, 6) is -0.558. The Morgan fingerprint density at radius 2 is 1.67 bits per heavy atom. The van der Waals surface area contributed by atoms with Crippen LogP contribution in [0.2, 0.25) is 5.02 Å². The number of hydrogen-bond donors (Lipinski definition) is 2. The Morgan fingerprint density at radius 3 is 2.33 bits per heavy atom. The molecule has 0 unspecified atom stereocenters. The molecule has 0 aliphatic carbocycles. The smallest absolute Gasteiger partial charge is 0.251 e. The zero-order valence-electron chi connectivity index (χ0n) is 15.8. The summed E-state index contributed by atoms with van der Waals surface area (Å²) in [5.41, 5.74) is 2.71. The van der Waals surface area contributed by atoms with Crippen LogP contribution in [0.1, 0.15) is 35.3 Å². The van der Waals surface area contributed by atoms with Gasteiger partial charge in [-0.05, 0) is 42.4 Å². The van der Waals surface area contributed by atoms with Crippen molar-refractivity contribution in [2.45, 2.75) is 26.9 Å². The lowest BCUT2D eigenvalue weighted by atomic mass is 10.1. The second-order valence-corrected chi connectivity index (χ2v) is 6.64. The predicted octanol–water partition coefficient (Wildman–Crippen LogP) is 3.23. The van der Waals surface area contributed by atoms with E-state index in [1.807, 2.05) is 18.2 Å². The highest BCUT2D eigenvalue weighted by molar-refractivity contribution is 6.30. The molecule has 27 heavy (non-hydrogen) atoms. The summed E-state index contributed by atoms with van der Waals surface area (Å²) < 4.78 is 0. The van der Waals surface area contributed by atoms with E-state index in [2.05, 4.69) is 35.4 Å². The largest absolute Gasteiger partial charge is 0.350 e. The predicted molar refractivity (Wildman–Crippen MR) is 109 cm³/mol. The maximum absolute atomic E-state index is 12.1. The van der Waals surface area contributed by atoms with E-state index < -0.39 is 0 Å². The molecule has 144 valence electrons. The van der Waals surface area contributed by atoms with Gasteiger partial charge in [-0.3, -0.25) is 14.5 Å². The number of nitrogens with one attached hydrogen (secondary N) is 2. The summed E-state index contributed by atoms with van der Waals surface area (Å²) in [6, 6.07) is 14.7. The van der Waals surface area contributed by atoms with Gasteiger partial charge in [0.2, 0.25) is 5.91 Å². The Morgan fingerprint density at radius 1 is 0.963 bits per heavy atom. The number of carbonyl (C=O) groups excluding carboxylic acids is 2. The van der Waals surface area contributed by atoms with Crippen molar-refractivity contribution in [1.82, 2.24) is 15.5 Å². The third kappa shape index (κ3) is 6.70. The Bertz CT molecular complexity index is 776. The normalized spacial score (nSPS) is 10.7. The van der Waals surface area contributed by atoms with Crippen molar-refractivity contribution in [1.29, 1.82) is 0 Å². The van der Waals surface area contributed by atoms with E-state index in [4.69, 9.17) is 11.6 Å². The Hall–Kier alpha value is -2.37. The summed E-state index contributed by atoms with van der Waals surface area (Å²) in [6.45, 7) is 7.43. The lowest BCUT2D eigenvalue weighted by Gasteiger charge is -2.20. The molecule has 0 aromatic heterocycles. The number of benzene rings is 2. The van der Waals surface area contributed by atoms with Crippen molar-refractivity contribution in [3.05, 3.63) is 70.2 Å². The Labute approximate surface area is 165 Å². The van der Waals surface area contributed by atoms with Crippen molar-refractivity contribution in [3.63, 3.8) is 0 Å². The number of hydrogen-bond acceptors (Lipinski definition) is 3. The molecule has 0 atom stereocenters. The standard InChI is InChI=1S/C21H26ClN3O2/c1-3-25(4-2)15-18-9-6-5-8-17(18)13-23-20(26)14-24-21(27)16-10-7-11-19(22)12-16/h5-12H,3-4,13-15H2,1-2H3,(H,23,26)(H,24,27). The van der Waals surface area contributed by atoms with E-state index >= 15 is 0 Å². The minimum atomic E-state index is -0.324. The summed E-state index contributed by atoms with van der Waals surface area (Å²) in [6.07, 6.45) is 0. The first-order valence-corrected chi connectivity index (χ1v) is 9.50. The molecule has 2 aromatic carbocycles. The fourth-order valence-corrected chi connectivity index (χ4v) is 2.91.